The SMILES string of the molecule is Fc1c(Br)cccc1Nc1ncnc2cc3c(c(F)c12)OCCO3. The van der Waals surface area contributed by atoms with E-state index in [1.165, 1.54) is 12.4 Å². The number of rotatable bonds is 2. The summed E-state index contributed by atoms with van der Waals surface area (Å²) in [7, 11) is 0. The van der Waals surface area contributed by atoms with Crippen LogP contribution < -0.4 is 14.8 Å². The van der Waals surface area contributed by atoms with Crippen LogP contribution in [-0.4, -0.2) is 23.2 Å². The monoisotopic (exact) mass is 393 g/mol. The zero-order chi connectivity index (χ0) is 16.7. The third-order valence-electron chi connectivity index (χ3n) is 3.58. The Balaban J connectivity index is 1.88. The molecule has 0 radical (unpaired) electrons. The Morgan fingerprint density at radius 3 is 2.79 bits per heavy atom. The molecule has 122 valence electrons. The van der Waals surface area contributed by atoms with Crippen LogP contribution in [0.15, 0.2) is 35.1 Å². The number of hydrogen-bond donors (Lipinski definition) is 1. The van der Waals surface area contributed by atoms with Crippen molar-refractivity contribution in [3.05, 3.63) is 46.7 Å². The van der Waals surface area contributed by atoms with Gasteiger partial charge in [-0.2, -0.15) is 0 Å². The van der Waals surface area contributed by atoms with Crippen molar-refractivity contribution < 1.29 is 18.3 Å². The lowest BCUT2D eigenvalue weighted by atomic mass is 10.1. The van der Waals surface area contributed by atoms with E-state index in [1.807, 2.05) is 0 Å². The maximum Gasteiger partial charge on any atom is 0.198 e. The summed E-state index contributed by atoms with van der Waals surface area (Å²) in [6, 6.07) is 6.34. The largest absolute Gasteiger partial charge is 0.486 e. The lowest BCUT2D eigenvalue weighted by molar-refractivity contribution is 0.165. The fourth-order valence-electron chi connectivity index (χ4n) is 2.50. The molecule has 0 saturated heterocycles. The number of benzene rings is 2. The quantitative estimate of drug-likeness (QED) is 0.707. The van der Waals surface area contributed by atoms with Gasteiger partial charge in [-0.25, -0.2) is 18.7 Å². The lowest BCUT2D eigenvalue weighted by Gasteiger charge is -2.20. The van der Waals surface area contributed by atoms with Crippen molar-refractivity contribution in [1.29, 1.82) is 0 Å². The molecule has 0 aliphatic carbocycles. The van der Waals surface area contributed by atoms with Gasteiger partial charge in [0.15, 0.2) is 23.1 Å². The molecule has 4 rings (SSSR count). The second-order valence-electron chi connectivity index (χ2n) is 5.06. The molecule has 0 fully saturated rings. The Morgan fingerprint density at radius 1 is 1.08 bits per heavy atom. The van der Waals surface area contributed by atoms with Crippen molar-refractivity contribution >= 4 is 38.3 Å². The van der Waals surface area contributed by atoms with Crippen molar-refractivity contribution in [1.82, 2.24) is 9.97 Å². The number of anilines is 2. The Bertz CT molecular complexity index is 952. The Hall–Kier alpha value is -2.48. The summed E-state index contributed by atoms with van der Waals surface area (Å²) in [4.78, 5) is 8.10. The van der Waals surface area contributed by atoms with Gasteiger partial charge in [-0.05, 0) is 28.1 Å². The van der Waals surface area contributed by atoms with Crippen LogP contribution in [0.2, 0.25) is 0 Å². The molecule has 2 heterocycles. The molecule has 0 amide bonds. The molecule has 0 unspecified atom stereocenters. The minimum atomic E-state index is -0.638. The van der Waals surface area contributed by atoms with Crippen LogP contribution in [0.4, 0.5) is 20.3 Å². The average Bonchev–Trinajstić information content (AvgIpc) is 2.59. The van der Waals surface area contributed by atoms with Crippen LogP contribution in [0.3, 0.4) is 0 Å². The first-order valence-electron chi connectivity index (χ1n) is 7.09. The van der Waals surface area contributed by atoms with Crippen molar-refractivity contribution in [2.24, 2.45) is 0 Å². The van der Waals surface area contributed by atoms with Gasteiger partial charge in [-0.1, -0.05) is 6.07 Å². The van der Waals surface area contributed by atoms with E-state index in [1.54, 1.807) is 18.2 Å². The maximum absolute atomic E-state index is 14.9. The lowest BCUT2D eigenvalue weighted by Crippen LogP contribution is -2.16. The van der Waals surface area contributed by atoms with Crippen LogP contribution in [-0.2, 0) is 0 Å². The number of fused-ring (bicyclic) bond motifs is 2. The summed E-state index contributed by atoms with van der Waals surface area (Å²) in [6.07, 6.45) is 1.27. The van der Waals surface area contributed by atoms with E-state index >= 15 is 0 Å². The normalized spacial score (nSPS) is 13.1. The van der Waals surface area contributed by atoms with Gasteiger partial charge in [0.2, 0.25) is 0 Å². The van der Waals surface area contributed by atoms with Crippen molar-refractivity contribution in [3.63, 3.8) is 0 Å². The summed E-state index contributed by atoms with van der Waals surface area (Å²) in [5.41, 5.74) is 0.503. The number of nitrogens with zero attached hydrogens (tertiary/aromatic N) is 2. The standard InChI is InChI=1S/C16H10BrF2N3O2/c17-8-2-1-3-9(13(8)18)22-16-12-10(20-7-21-16)6-11-15(14(12)19)24-5-4-23-11/h1-3,6-7H,4-5H2,(H,20,21,22). The van der Waals surface area contributed by atoms with Crippen LogP contribution in [0.1, 0.15) is 0 Å². The fraction of sp³-hybridized carbons (Fsp3) is 0.125. The molecule has 0 spiro atoms. The zero-order valence-corrected chi connectivity index (χ0v) is 13.7. The van der Waals surface area contributed by atoms with Crippen molar-refractivity contribution in [2.75, 3.05) is 18.5 Å². The van der Waals surface area contributed by atoms with E-state index in [0.717, 1.165) is 0 Å². The van der Waals surface area contributed by atoms with Gasteiger partial charge in [0.1, 0.15) is 25.4 Å². The molecule has 0 saturated carbocycles. The second kappa shape index (κ2) is 5.86. The van der Waals surface area contributed by atoms with Gasteiger partial charge in [0.05, 0.1) is 21.1 Å². The Kier molecular flexibility index (Phi) is 3.68. The molecule has 0 bridgehead atoms. The molecular formula is C16H10BrF2N3O2. The molecule has 0 atom stereocenters. The highest BCUT2D eigenvalue weighted by Gasteiger charge is 2.23. The second-order valence-corrected chi connectivity index (χ2v) is 5.91. The van der Waals surface area contributed by atoms with Crippen LogP contribution in [0.25, 0.3) is 10.9 Å². The molecule has 8 heteroatoms. The maximum atomic E-state index is 14.9. The summed E-state index contributed by atoms with van der Waals surface area (Å²) >= 11 is 3.11. The van der Waals surface area contributed by atoms with E-state index in [0.29, 0.717) is 22.3 Å². The highest BCUT2D eigenvalue weighted by Crippen LogP contribution is 2.40. The van der Waals surface area contributed by atoms with Crippen LogP contribution >= 0.6 is 15.9 Å². The number of aromatic nitrogens is 2. The predicted molar refractivity (Wildman–Crippen MR) is 87.9 cm³/mol. The summed E-state index contributed by atoms with van der Waals surface area (Å²) in [6.45, 7) is 0.601. The van der Waals surface area contributed by atoms with E-state index < -0.39 is 11.6 Å². The molecule has 1 N–H and O–H groups in total. The first kappa shape index (κ1) is 15.1. The summed E-state index contributed by atoms with van der Waals surface area (Å²) in [5.74, 6) is -0.680. The van der Waals surface area contributed by atoms with E-state index in [2.05, 4.69) is 31.2 Å². The summed E-state index contributed by atoms with van der Waals surface area (Å²) < 4.78 is 40.1. The fourth-order valence-corrected chi connectivity index (χ4v) is 2.86. The predicted octanol–water partition coefficient (Wildman–Crippen LogP) is 4.19. The van der Waals surface area contributed by atoms with Crippen LogP contribution in [0.5, 0.6) is 11.5 Å². The van der Waals surface area contributed by atoms with Crippen molar-refractivity contribution in [3.8, 4) is 11.5 Å². The molecule has 1 aliphatic heterocycles. The van der Waals surface area contributed by atoms with Gasteiger partial charge < -0.3 is 14.8 Å². The van der Waals surface area contributed by atoms with E-state index in [4.69, 9.17) is 9.47 Å². The number of halogens is 3. The zero-order valence-electron chi connectivity index (χ0n) is 12.1. The van der Waals surface area contributed by atoms with Gasteiger partial charge in [-0.3, -0.25) is 0 Å². The van der Waals surface area contributed by atoms with Crippen LogP contribution in [0, 0.1) is 11.6 Å². The smallest absolute Gasteiger partial charge is 0.198 e. The highest BCUT2D eigenvalue weighted by atomic mass is 79.9. The number of hydrogen-bond acceptors (Lipinski definition) is 5. The Labute approximate surface area is 143 Å². The molecule has 1 aromatic heterocycles. The number of ether oxygens (including phenoxy) is 2. The van der Waals surface area contributed by atoms with Gasteiger partial charge >= 0.3 is 0 Å². The van der Waals surface area contributed by atoms with Gasteiger partial charge in [0, 0.05) is 6.07 Å². The first-order valence-corrected chi connectivity index (χ1v) is 7.88. The third-order valence-corrected chi connectivity index (χ3v) is 4.19. The highest BCUT2D eigenvalue weighted by molar-refractivity contribution is 9.10. The van der Waals surface area contributed by atoms with Gasteiger partial charge in [0.25, 0.3) is 0 Å². The minimum Gasteiger partial charge on any atom is -0.486 e. The Morgan fingerprint density at radius 2 is 1.92 bits per heavy atom. The topological polar surface area (TPSA) is 56.3 Å². The third kappa shape index (κ3) is 2.43. The number of nitrogens with one attached hydrogen (secondary N) is 1. The summed E-state index contributed by atoms with van der Waals surface area (Å²) in [5, 5.41) is 2.92. The molecule has 24 heavy (non-hydrogen) atoms. The molecular weight excluding hydrogens is 384 g/mol. The first-order chi connectivity index (χ1) is 11.6. The van der Waals surface area contributed by atoms with E-state index in [-0.39, 0.29) is 29.2 Å². The molecule has 1 aliphatic rings. The minimum absolute atomic E-state index is 0.0151. The van der Waals surface area contributed by atoms with E-state index in [9.17, 15) is 8.78 Å². The van der Waals surface area contributed by atoms with Gasteiger partial charge in [-0.15, -0.1) is 0 Å². The molecule has 2 aromatic carbocycles. The molecule has 3 aromatic rings. The van der Waals surface area contributed by atoms with Crippen molar-refractivity contribution in [2.45, 2.75) is 0 Å². The average molecular weight is 394 g/mol. The molecule has 5 nitrogen and oxygen atoms in total.